The number of alkyl halides is 3. The molecule has 1 aromatic heterocycles. The highest BCUT2D eigenvalue weighted by Gasteiger charge is 2.32. The molecule has 23 heavy (non-hydrogen) atoms. The van der Waals surface area contributed by atoms with Crippen LogP contribution in [0.15, 0.2) is 18.5 Å². The third-order valence-electron chi connectivity index (χ3n) is 3.53. The van der Waals surface area contributed by atoms with E-state index >= 15 is 0 Å². The van der Waals surface area contributed by atoms with E-state index in [0.29, 0.717) is 17.6 Å². The molecule has 0 aliphatic carbocycles. The molecule has 2 rings (SSSR count). The van der Waals surface area contributed by atoms with Gasteiger partial charge in [-0.25, -0.2) is 4.98 Å². The predicted molar refractivity (Wildman–Crippen MR) is 84.8 cm³/mol. The molecule has 1 aromatic carbocycles. The quantitative estimate of drug-likeness (QED) is 0.638. The number of halogens is 3. The highest BCUT2D eigenvalue weighted by atomic mass is 28.3. The molecule has 128 valence electrons. The summed E-state index contributed by atoms with van der Waals surface area (Å²) in [4.78, 5) is 4.10. The van der Waals surface area contributed by atoms with Crippen LogP contribution in [-0.2, 0) is 24.3 Å². The molecule has 1 heterocycles. The van der Waals surface area contributed by atoms with Gasteiger partial charge in [0, 0.05) is 20.2 Å². The van der Waals surface area contributed by atoms with Crippen molar-refractivity contribution >= 4 is 19.1 Å². The molecule has 0 aliphatic heterocycles. The number of ether oxygens (including phenoxy) is 1. The summed E-state index contributed by atoms with van der Waals surface area (Å²) in [6.07, 6.45) is -3.02. The monoisotopic (exact) mass is 346 g/mol. The molecule has 0 saturated carbocycles. The van der Waals surface area contributed by atoms with Crippen LogP contribution in [0, 0.1) is 0 Å². The molecule has 8 heteroatoms. The zero-order chi connectivity index (χ0) is 17.3. The van der Waals surface area contributed by atoms with Gasteiger partial charge in [-0.05, 0) is 18.2 Å². The first-order chi connectivity index (χ1) is 10.6. The Balaban J connectivity index is 2.24. The Hall–Kier alpha value is -1.38. The number of hydrogen-bond acceptors (Lipinski definition) is 3. The van der Waals surface area contributed by atoms with Gasteiger partial charge in [-0.15, -0.1) is 0 Å². The number of rotatable bonds is 6. The van der Waals surface area contributed by atoms with Gasteiger partial charge >= 0.3 is 6.18 Å². The maximum Gasteiger partial charge on any atom is 0.416 e. The molecule has 0 bridgehead atoms. The number of imidazole rings is 1. The van der Waals surface area contributed by atoms with Crippen LogP contribution in [0.4, 0.5) is 13.2 Å². The smallest absolute Gasteiger partial charge is 0.392 e. The standard InChI is InChI=1S/C15H21F3N2O2Si/c1-23(2,3)5-4-22-10-20-9-19-14-11(8-21)6-12(7-13(14)20)15(16,17)18/h6-7,9,21H,4-5,8,10H2,1-3H3. The minimum Gasteiger partial charge on any atom is -0.392 e. The number of hydrogen-bond donors (Lipinski definition) is 1. The number of aliphatic hydroxyl groups excluding tert-OH is 1. The van der Waals surface area contributed by atoms with E-state index in [1.54, 1.807) is 0 Å². The highest BCUT2D eigenvalue weighted by molar-refractivity contribution is 6.76. The Bertz CT molecular complexity index is 678. The van der Waals surface area contributed by atoms with Crippen molar-refractivity contribution in [3.63, 3.8) is 0 Å². The summed E-state index contributed by atoms with van der Waals surface area (Å²) in [5, 5.41) is 9.30. The van der Waals surface area contributed by atoms with Gasteiger partial charge in [0.2, 0.25) is 0 Å². The molecule has 0 fully saturated rings. The minimum absolute atomic E-state index is 0.146. The zero-order valence-corrected chi connectivity index (χ0v) is 14.4. The number of benzene rings is 1. The van der Waals surface area contributed by atoms with Crippen LogP contribution >= 0.6 is 0 Å². The number of fused-ring (bicyclic) bond motifs is 1. The van der Waals surface area contributed by atoms with Crippen molar-refractivity contribution in [2.24, 2.45) is 0 Å². The molecule has 4 nitrogen and oxygen atoms in total. The van der Waals surface area contributed by atoms with Crippen molar-refractivity contribution < 1.29 is 23.0 Å². The lowest BCUT2D eigenvalue weighted by atomic mass is 10.1. The maximum absolute atomic E-state index is 13.0. The first-order valence-electron chi connectivity index (χ1n) is 7.35. The predicted octanol–water partition coefficient (Wildman–Crippen LogP) is 3.86. The van der Waals surface area contributed by atoms with Crippen LogP contribution in [0.5, 0.6) is 0 Å². The Morgan fingerprint density at radius 2 is 1.96 bits per heavy atom. The largest absolute Gasteiger partial charge is 0.416 e. The molecule has 0 atom stereocenters. The fourth-order valence-electron chi connectivity index (χ4n) is 2.16. The van der Waals surface area contributed by atoms with Crippen molar-refractivity contribution in [1.29, 1.82) is 0 Å². The second-order valence-corrected chi connectivity index (χ2v) is 12.3. The molecular weight excluding hydrogens is 325 g/mol. The molecule has 0 spiro atoms. The van der Waals surface area contributed by atoms with Crippen LogP contribution in [0.25, 0.3) is 11.0 Å². The fraction of sp³-hybridized carbons (Fsp3) is 0.533. The SMILES string of the molecule is C[Si](C)(C)CCOCn1cnc2c(CO)cc(C(F)(F)F)cc21. The Labute approximate surface area is 133 Å². The average molecular weight is 346 g/mol. The second-order valence-electron chi connectivity index (χ2n) is 6.72. The van der Waals surface area contributed by atoms with Gasteiger partial charge in [-0.1, -0.05) is 19.6 Å². The summed E-state index contributed by atoms with van der Waals surface area (Å²) in [5.41, 5.74) is 0.0553. The van der Waals surface area contributed by atoms with E-state index in [0.717, 1.165) is 18.2 Å². The highest BCUT2D eigenvalue weighted by Crippen LogP contribution is 2.33. The third kappa shape index (κ3) is 4.55. The van der Waals surface area contributed by atoms with E-state index in [9.17, 15) is 18.3 Å². The molecule has 0 amide bonds. The lowest BCUT2D eigenvalue weighted by molar-refractivity contribution is -0.137. The number of aromatic nitrogens is 2. The van der Waals surface area contributed by atoms with Crippen LogP contribution in [0.2, 0.25) is 25.7 Å². The van der Waals surface area contributed by atoms with Gasteiger partial charge in [0.25, 0.3) is 0 Å². The molecule has 2 aromatic rings. The summed E-state index contributed by atoms with van der Waals surface area (Å²) in [6.45, 7) is 6.91. The van der Waals surface area contributed by atoms with Crippen LogP contribution in [0.1, 0.15) is 11.1 Å². The molecule has 0 saturated heterocycles. The average Bonchev–Trinajstić information content (AvgIpc) is 2.84. The van der Waals surface area contributed by atoms with E-state index in [1.807, 2.05) is 0 Å². The van der Waals surface area contributed by atoms with E-state index in [-0.39, 0.29) is 12.3 Å². The lowest BCUT2D eigenvalue weighted by Gasteiger charge is -2.16. The summed E-state index contributed by atoms with van der Waals surface area (Å²) < 4.78 is 46.0. The topological polar surface area (TPSA) is 47.3 Å². The normalized spacial score (nSPS) is 13.0. The van der Waals surface area contributed by atoms with E-state index in [4.69, 9.17) is 4.74 Å². The van der Waals surface area contributed by atoms with Crippen LogP contribution in [0.3, 0.4) is 0 Å². The first kappa shape index (κ1) is 18.0. The van der Waals surface area contributed by atoms with Gasteiger partial charge in [0.15, 0.2) is 0 Å². The van der Waals surface area contributed by atoms with Gasteiger partial charge in [0.05, 0.1) is 29.5 Å². The fourth-order valence-corrected chi connectivity index (χ4v) is 2.92. The van der Waals surface area contributed by atoms with Crippen molar-refractivity contribution in [1.82, 2.24) is 9.55 Å². The lowest BCUT2D eigenvalue weighted by Crippen LogP contribution is -2.22. The van der Waals surface area contributed by atoms with Crippen molar-refractivity contribution in [3.8, 4) is 0 Å². The summed E-state index contributed by atoms with van der Waals surface area (Å²) in [7, 11) is -1.21. The van der Waals surface area contributed by atoms with E-state index < -0.39 is 26.4 Å². The molecule has 0 unspecified atom stereocenters. The number of aliphatic hydroxyl groups is 1. The van der Waals surface area contributed by atoms with Gasteiger partial charge < -0.3 is 14.4 Å². The summed E-state index contributed by atoms with van der Waals surface area (Å²) in [6, 6.07) is 2.96. The summed E-state index contributed by atoms with van der Waals surface area (Å²) in [5.74, 6) is 0. The van der Waals surface area contributed by atoms with Gasteiger partial charge in [0.1, 0.15) is 6.73 Å². The Morgan fingerprint density at radius 3 is 2.52 bits per heavy atom. The second kappa shape index (κ2) is 6.62. The minimum atomic E-state index is -4.47. The van der Waals surface area contributed by atoms with E-state index in [2.05, 4.69) is 24.6 Å². The Kier molecular flexibility index (Phi) is 5.17. The Morgan fingerprint density at radius 1 is 1.26 bits per heavy atom. The van der Waals surface area contributed by atoms with Crippen molar-refractivity contribution in [2.75, 3.05) is 6.61 Å². The molecule has 0 aliphatic rings. The maximum atomic E-state index is 13.0. The molecule has 0 radical (unpaired) electrons. The van der Waals surface area contributed by atoms with E-state index in [1.165, 1.54) is 10.9 Å². The van der Waals surface area contributed by atoms with Crippen molar-refractivity contribution in [3.05, 3.63) is 29.6 Å². The molecular formula is C15H21F3N2O2Si. The third-order valence-corrected chi connectivity index (χ3v) is 5.23. The zero-order valence-electron chi connectivity index (χ0n) is 13.4. The van der Waals surface area contributed by atoms with Crippen LogP contribution in [-0.4, -0.2) is 29.3 Å². The van der Waals surface area contributed by atoms with Crippen molar-refractivity contribution in [2.45, 2.75) is 45.2 Å². The van der Waals surface area contributed by atoms with Crippen LogP contribution < -0.4 is 0 Å². The first-order valence-corrected chi connectivity index (χ1v) is 11.1. The molecule has 1 N–H and O–H groups in total. The van der Waals surface area contributed by atoms with Gasteiger partial charge in [-0.3, -0.25) is 0 Å². The van der Waals surface area contributed by atoms with Gasteiger partial charge in [-0.2, -0.15) is 13.2 Å². The number of nitrogens with zero attached hydrogens (tertiary/aromatic N) is 2. The summed E-state index contributed by atoms with van der Waals surface area (Å²) >= 11 is 0.